The molecule has 0 saturated carbocycles. The maximum atomic E-state index is 12.3. The van der Waals surface area contributed by atoms with Crippen LogP contribution in [0, 0.1) is 0 Å². The van der Waals surface area contributed by atoms with Gasteiger partial charge >= 0.3 is 58.4 Å². The van der Waals surface area contributed by atoms with Gasteiger partial charge in [0.2, 0.25) is 0 Å². The maximum absolute atomic E-state index is 12.3. The molecule has 0 aliphatic carbocycles. The minimum atomic E-state index is -4.95. The molecule has 8 heteroatoms. The molecule has 0 aromatic heterocycles. The number of halogens is 3. The normalized spacial score (nSPS) is 25.7. The summed E-state index contributed by atoms with van der Waals surface area (Å²) < 4.78 is 47.3. The molecule has 0 radical (unpaired) electrons. The summed E-state index contributed by atoms with van der Waals surface area (Å²) >= 11 is 0. The molecule has 94 valence electrons. The third-order valence-corrected chi connectivity index (χ3v) is 2.79. The van der Waals surface area contributed by atoms with E-state index < -0.39 is 12.4 Å². The third kappa shape index (κ3) is 5.32. The van der Waals surface area contributed by atoms with E-state index in [0.29, 0.717) is 13.1 Å². The number of ether oxygens (including phenoxy) is 2. The van der Waals surface area contributed by atoms with E-state index in [-0.39, 0.29) is 70.1 Å². The molecule has 1 fully saturated rings. The van der Waals surface area contributed by atoms with Crippen LogP contribution in [0.5, 0.6) is 0 Å². The topological polar surface area (TPSA) is 21.7 Å². The molecule has 2 atom stereocenters. The summed E-state index contributed by atoms with van der Waals surface area (Å²) in [5.41, 5.74) is -0.674. The van der Waals surface area contributed by atoms with Crippen LogP contribution in [0.25, 0.3) is 0 Å². The summed E-state index contributed by atoms with van der Waals surface area (Å²) in [7, 11) is 3.06. The van der Waals surface area contributed by atoms with Crippen molar-refractivity contribution in [1.82, 2.24) is 4.90 Å². The van der Waals surface area contributed by atoms with E-state index in [1.165, 1.54) is 14.2 Å². The van der Waals surface area contributed by atoms with Gasteiger partial charge in [0, 0.05) is 27.3 Å². The summed E-state index contributed by atoms with van der Waals surface area (Å²) in [5.74, 6) is 0. The Bertz CT molecular complexity index is 253. The first kappa shape index (κ1) is 18.1. The van der Waals surface area contributed by atoms with Crippen LogP contribution in [-0.4, -0.2) is 57.9 Å². The van der Waals surface area contributed by atoms with Crippen LogP contribution in [0.3, 0.4) is 0 Å². The molecule has 0 spiro atoms. The van der Waals surface area contributed by atoms with Crippen molar-refractivity contribution in [3.8, 4) is 0 Å². The van der Waals surface area contributed by atoms with Gasteiger partial charge in [0.25, 0.3) is 0 Å². The fourth-order valence-corrected chi connectivity index (χ4v) is 1.79. The van der Waals surface area contributed by atoms with Gasteiger partial charge in [-0.2, -0.15) is 0 Å². The monoisotopic (exact) mass is 277 g/mol. The molecule has 3 nitrogen and oxygen atoms in total. The summed E-state index contributed by atoms with van der Waals surface area (Å²) in [6, 6.07) is 0. The Kier molecular flexibility index (Phi) is 8.14. The van der Waals surface area contributed by atoms with Crippen molar-refractivity contribution in [3.63, 3.8) is 0 Å². The number of methoxy groups -OCH3 is 2. The average Bonchev–Trinajstić information content (AvgIpc) is 2.58. The molecule has 1 saturated heterocycles. The molecule has 1 rings (SSSR count). The van der Waals surface area contributed by atoms with Crippen molar-refractivity contribution < 1.29 is 73.8 Å². The van der Waals surface area contributed by atoms with Crippen LogP contribution >= 0.6 is 0 Å². The predicted molar refractivity (Wildman–Crippen MR) is 56.3 cm³/mol. The number of hydrogen-bond donors (Lipinski definition) is 0. The average molecular weight is 277 g/mol. The molecule has 0 aromatic carbocycles. The number of nitrogens with zero attached hydrogens (tertiary/aromatic N) is 1. The molecule has 17 heavy (non-hydrogen) atoms. The molecule has 1 aliphatic heterocycles. The van der Waals surface area contributed by atoms with Crippen molar-refractivity contribution in [2.75, 3.05) is 33.9 Å². The second-order valence-corrected chi connectivity index (χ2v) is 3.98. The second kappa shape index (κ2) is 7.64. The maximum Gasteiger partial charge on any atom is 1.00 e. The quantitative estimate of drug-likeness (QED) is 0.558. The van der Waals surface area contributed by atoms with E-state index in [1.807, 2.05) is 0 Å². The molecule has 0 amide bonds. The smallest absolute Gasteiger partial charge is 0.445 e. The van der Waals surface area contributed by atoms with E-state index in [4.69, 9.17) is 9.47 Å². The Morgan fingerprint density at radius 1 is 1.24 bits per heavy atom. The van der Waals surface area contributed by atoms with Gasteiger partial charge in [-0.15, -0.1) is 12.1 Å². The Morgan fingerprint density at radius 3 is 1.94 bits per heavy atom. The van der Waals surface area contributed by atoms with Crippen LogP contribution in [0.1, 0.15) is 0 Å². The molecule has 2 unspecified atom stereocenters. The Labute approximate surface area is 142 Å². The number of likely N-dealkylation sites (tertiary alicyclic amines) is 1. The first-order chi connectivity index (χ1) is 7.38. The molecule has 1 heterocycles. The summed E-state index contributed by atoms with van der Waals surface area (Å²) in [5, 5.41) is 0. The zero-order valence-electron chi connectivity index (χ0n) is 10.5. The summed E-state index contributed by atoms with van der Waals surface area (Å²) in [6.07, 6.45) is -0.336. The van der Waals surface area contributed by atoms with Crippen LogP contribution in [0.2, 0.25) is 0 Å². The largest absolute Gasteiger partial charge is 1.00 e. The molecular weight excluding hydrogens is 261 g/mol. The SMILES string of the molecule is C=C(CN1CC(OC)C(OC)C1)[B-](F)(F)F.[K+]. The van der Waals surface area contributed by atoms with E-state index in [2.05, 4.69) is 6.58 Å². The number of rotatable bonds is 5. The summed E-state index contributed by atoms with van der Waals surface area (Å²) in [6.45, 7) is -1.15. The van der Waals surface area contributed by atoms with E-state index >= 15 is 0 Å². The van der Waals surface area contributed by atoms with Crippen molar-refractivity contribution >= 4 is 6.98 Å². The van der Waals surface area contributed by atoms with Gasteiger partial charge in [-0.1, -0.05) is 0 Å². The molecule has 0 N–H and O–H groups in total. The van der Waals surface area contributed by atoms with Gasteiger partial charge in [-0.3, -0.25) is 4.90 Å². The van der Waals surface area contributed by atoms with E-state index in [9.17, 15) is 12.9 Å². The van der Waals surface area contributed by atoms with Crippen LogP contribution < -0.4 is 51.4 Å². The summed E-state index contributed by atoms with van der Waals surface area (Å²) in [4.78, 5) is 1.65. The van der Waals surface area contributed by atoms with Crippen molar-refractivity contribution in [2.45, 2.75) is 12.2 Å². The van der Waals surface area contributed by atoms with E-state index in [1.54, 1.807) is 4.90 Å². The van der Waals surface area contributed by atoms with Gasteiger partial charge in [-0.25, -0.2) is 0 Å². The molecular formula is C9H16BF3KNO2. The second-order valence-electron chi connectivity index (χ2n) is 3.98. The van der Waals surface area contributed by atoms with Crippen LogP contribution in [-0.2, 0) is 9.47 Å². The molecule has 0 aromatic rings. The van der Waals surface area contributed by atoms with Crippen molar-refractivity contribution in [1.29, 1.82) is 0 Å². The van der Waals surface area contributed by atoms with Gasteiger partial charge in [0.15, 0.2) is 0 Å². The van der Waals surface area contributed by atoms with Gasteiger partial charge in [-0.05, 0) is 6.54 Å². The van der Waals surface area contributed by atoms with Crippen molar-refractivity contribution in [2.24, 2.45) is 0 Å². The van der Waals surface area contributed by atoms with Gasteiger partial charge in [0.1, 0.15) is 0 Å². The van der Waals surface area contributed by atoms with E-state index in [0.717, 1.165) is 0 Å². The zero-order chi connectivity index (χ0) is 12.3. The van der Waals surface area contributed by atoms with Crippen LogP contribution in [0.4, 0.5) is 12.9 Å². The van der Waals surface area contributed by atoms with Crippen molar-refractivity contribution in [3.05, 3.63) is 12.1 Å². The first-order valence-electron chi connectivity index (χ1n) is 5.04. The fraction of sp³-hybridized carbons (Fsp3) is 0.778. The number of hydrogen-bond acceptors (Lipinski definition) is 3. The standard InChI is InChI=1S/C9H16BF3NO2.K/c1-7(10(11,12)13)4-14-5-8(15-2)9(6-14)16-3;/h8-9H,1,4-6H2,2-3H3;/q-1;+1. The predicted octanol–water partition coefficient (Wildman–Crippen LogP) is -1.72. The van der Waals surface area contributed by atoms with Crippen LogP contribution in [0.15, 0.2) is 12.1 Å². The zero-order valence-corrected chi connectivity index (χ0v) is 13.6. The van der Waals surface area contributed by atoms with Gasteiger partial charge in [0.05, 0.1) is 12.2 Å². The Hall–Kier alpha value is 1.11. The molecule has 0 bridgehead atoms. The first-order valence-corrected chi connectivity index (χ1v) is 5.04. The molecule has 1 aliphatic rings. The minimum Gasteiger partial charge on any atom is -0.445 e. The third-order valence-electron chi connectivity index (χ3n) is 2.79. The Balaban J connectivity index is 0.00000256. The van der Waals surface area contributed by atoms with Gasteiger partial charge < -0.3 is 22.4 Å². The fourth-order valence-electron chi connectivity index (χ4n) is 1.79. The minimum absolute atomic E-state index is 0. The Morgan fingerprint density at radius 2 is 1.65 bits per heavy atom.